The van der Waals surface area contributed by atoms with Gasteiger partial charge in [-0.3, -0.25) is 0 Å². The second-order valence-electron chi connectivity index (χ2n) is 5.78. The molecular weight excluding hydrogens is 272 g/mol. The molecule has 0 N–H and O–H groups in total. The molecule has 0 saturated heterocycles. The number of terminal acetylenes is 2. The van der Waals surface area contributed by atoms with Gasteiger partial charge in [-0.05, 0) is 11.8 Å². The van der Waals surface area contributed by atoms with Gasteiger partial charge in [-0.25, -0.2) is 0 Å². The van der Waals surface area contributed by atoms with E-state index in [9.17, 15) is 0 Å². The summed E-state index contributed by atoms with van der Waals surface area (Å²) in [6.45, 7) is 9.80. The van der Waals surface area contributed by atoms with Crippen LogP contribution in [0.15, 0.2) is 12.1 Å². The lowest BCUT2D eigenvalue weighted by Gasteiger charge is -2.16. The van der Waals surface area contributed by atoms with Crippen molar-refractivity contribution >= 4 is 0 Å². The van der Waals surface area contributed by atoms with E-state index in [1.54, 1.807) is 0 Å². The number of hydrogen-bond donors (Lipinski definition) is 0. The first kappa shape index (κ1) is 18.0. The fourth-order valence-corrected chi connectivity index (χ4v) is 1.72. The van der Waals surface area contributed by atoms with Gasteiger partial charge in [-0.1, -0.05) is 52.4 Å². The normalized spacial score (nSPS) is 12.8. The Morgan fingerprint density at radius 1 is 0.864 bits per heavy atom. The van der Waals surface area contributed by atoms with E-state index in [4.69, 9.17) is 22.3 Å². The minimum Gasteiger partial charge on any atom is -0.492 e. The van der Waals surface area contributed by atoms with Gasteiger partial charge in [0.05, 0.1) is 24.3 Å². The minimum atomic E-state index is 0.473. The van der Waals surface area contributed by atoms with Crippen LogP contribution in [0.5, 0.6) is 11.5 Å². The zero-order valence-corrected chi connectivity index (χ0v) is 14.1. The summed E-state index contributed by atoms with van der Waals surface area (Å²) in [5.41, 5.74) is 1.36. The van der Waals surface area contributed by atoms with Gasteiger partial charge >= 0.3 is 0 Å². The van der Waals surface area contributed by atoms with Crippen molar-refractivity contribution in [3.8, 4) is 36.2 Å². The molecule has 118 valence electrons. The lowest BCUT2D eigenvalue weighted by Crippen LogP contribution is -2.10. The Hall–Kier alpha value is -2.06. The van der Waals surface area contributed by atoms with E-state index in [0.717, 1.165) is 12.8 Å². The van der Waals surface area contributed by atoms with Crippen LogP contribution in [0.1, 0.15) is 51.7 Å². The van der Waals surface area contributed by atoms with E-state index in [1.165, 1.54) is 0 Å². The molecular formula is C20H26O2. The molecule has 1 aromatic carbocycles. The highest BCUT2D eigenvalue weighted by Gasteiger charge is 2.12. The third kappa shape index (κ3) is 5.05. The highest BCUT2D eigenvalue weighted by molar-refractivity contribution is 5.57. The standard InChI is InChI=1S/C20H26O2/c1-7-15(5)13-21-19-11-18(10-4)20(12-17(19)9-3)22-14-16(6)8-2/h3-4,11-12,15-16H,7-8,13-14H2,1-2,5-6H3. The molecule has 2 heteroatoms. The maximum atomic E-state index is 5.83. The summed E-state index contributed by atoms with van der Waals surface area (Å²) in [7, 11) is 0. The van der Waals surface area contributed by atoms with E-state index in [1.807, 2.05) is 12.1 Å². The van der Waals surface area contributed by atoms with Crippen LogP contribution in [0.4, 0.5) is 0 Å². The third-order valence-corrected chi connectivity index (χ3v) is 3.83. The second kappa shape index (κ2) is 9.06. The quantitative estimate of drug-likeness (QED) is 0.658. The molecule has 0 aliphatic rings. The highest BCUT2D eigenvalue weighted by atomic mass is 16.5. The van der Waals surface area contributed by atoms with Gasteiger partial charge in [-0.15, -0.1) is 12.8 Å². The molecule has 0 bridgehead atoms. The van der Waals surface area contributed by atoms with Crippen LogP contribution in [0.2, 0.25) is 0 Å². The van der Waals surface area contributed by atoms with Crippen LogP contribution in [0.3, 0.4) is 0 Å². The average molecular weight is 298 g/mol. The average Bonchev–Trinajstić information content (AvgIpc) is 2.56. The summed E-state index contributed by atoms with van der Waals surface area (Å²) >= 11 is 0. The van der Waals surface area contributed by atoms with Gasteiger partial charge in [0.2, 0.25) is 0 Å². The Morgan fingerprint density at radius 2 is 1.23 bits per heavy atom. The van der Waals surface area contributed by atoms with Crippen molar-refractivity contribution in [2.75, 3.05) is 13.2 Å². The predicted molar refractivity (Wildman–Crippen MR) is 92.2 cm³/mol. The predicted octanol–water partition coefficient (Wildman–Crippen LogP) is 4.50. The molecule has 0 radical (unpaired) electrons. The zero-order valence-electron chi connectivity index (χ0n) is 14.1. The maximum absolute atomic E-state index is 5.83. The summed E-state index contributed by atoms with van der Waals surface area (Å²) in [6, 6.07) is 3.62. The van der Waals surface area contributed by atoms with Crippen molar-refractivity contribution in [2.45, 2.75) is 40.5 Å². The van der Waals surface area contributed by atoms with Gasteiger partial charge in [0.25, 0.3) is 0 Å². The minimum absolute atomic E-state index is 0.473. The number of ether oxygens (including phenoxy) is 2. The molecule has 1 rings (SSSR count). The summed E-state index contributed by atoms with van der Waals surface area (Å²) in [6.07, 6.45) is 13.3. The first-order valence-electron chi connectivity index (χ1n) is 7.92. The van der Waals surface area contributed by atoms with Crippen molar-refractivity contribution in [1.82, 2.24) is 0 Å². The molecule has 2 atom stereocenters. The zero-order chi connectivity index (χ0) is 16.5. The molecule has 0 spiro atoms. The summed E-state index contributed by atoms with van der Waals surface area (Å²) in [5, 5.41) is 0. The Kier molecular flexibility index (Phi) is 7.41. The van der Waals surface area contributed by atoms with E-state index in [2.05, 4.69) is 39.5 Å². The molecule has 2 unspecified atom stereocenters. The Bertz CT molecular complexity index is 509. The Balaban J connectivity index is 2.98. The van der Waals surface area contributed by atoms with E-state index in [-0.39, 0.29) is 0 Å². The van der Waals surface area contributed by atoms with Crippen LogP contribution in [-0.4, -0.2) is 13.2 Å². The van der Waals surface area contributed by atoms with E-state index >= 15 is 0 Å². The lowest BCUT2D eigenvalue weighted by molar-refractivity contribution is 0.249. The van der Waals surface area contributed by atoms with Crippen LogP contribution in [0, 0.1) is 36.5 Å². The van der Waals surface area contributed by atoms with Crippen LogP contribution >= 0.6 is 0 Å². The van der Waals surface area contributed by atoms with Crippen molar-refractivity contribution in [2.24, 2.45) is 11.8 Å². The highest BCUT2D eigenvalue weighted by Crippen LogP contribution is 2.29. The maximum Gasteiger partial charge on any atom is 0.136 e. The van der Waals surface area contributed by atoms with Gasteiger partial charge in [-0.2, -0.15) is 0 Å². The SMILES string of the molecule is C#Cc1cc(OCC(C)CC)c(C#C)cc1OCC(C)CC. The molecule has 0 fully saturated rings. The molecule has 0 aliphatic heterocycles. The van der Waals surface area contributed by atoms with Gasteiger partial charge in [0.15, 0.2) is 0 Å². The molecule has 0 aliphatic carbocycles. The number of rotatable bonds is 8. The smallest absolute Gasteiger partial charge is 0.136 e. The van der Waals surface area contributed by atoms with Crippen LogP contribution < -0.4 is 9.47 Å². The number of hydrogen-bond acceptors (Lipinski definition) is 2. The molecule has 1 aromatic rings. The Morgan fingerprint density at radius 3 is 1.50 bits per heavy atom. The fraction of sp³-hybridized carbons (Fsp3) is 0.500. The van der Waals surface area contributed by atoms with Crippen molar-refractivity contribution in [3.05, 3.63) is 23.3 Å². The molecule has 0 saturated carbocycles. The second-order valence-corrected chi connectivity index (χ2v) is 5.78. The monoisotopic (exact) mass is 298 g/mol. The van der Waals surface area contributed by atoms with Crippen LogP contribution in [-0.2, 0) is 0 Å². The van der Waals surface area contributed by atoms with Crippen molar-refractivity contribution in [3.63, 3.8) is 0 Å². The summed E-state index contributed by atoms with van der Waals surface area (Å²) < 4.78 is 11.7. The number of benzene rings is 1. The lowest BCUT2D eigenvalue weighted by atomic mass is 10.1. The van der Waals surface area contributed by atoms with E-state index < -0.39 is 0 Å². The van der Waals surface area contributed by atoms with Gasteiger partial charge < -0.3 is 9.47 Å². The molecule has 0 aromatic heterocycles. The molecule has 2 nitrogen and oxygen atoms in total. The third-order valence-electron chi connectivity index (χ3n) is 3.83. The van der Waals surface area contributed by atoms with Crippen molar-refractivity contribution in [1.29, 1.82) is 0 Å². The summed E-state index contributed by atoms with van der Waals surface area (Å²) in [5.74, 6) is 7.58. The summed E-state index contributed by atoms with van der Waals surface area (Å²) in [4.78, 5) is 0. The van der Waals surface area contributed by atoms with Crippen molar-refractivity contribution < 1.29 is 9.47 Å². The van der Waals surface area contributed by atoms with Gasteiger partial charge in [0, 0.05) is 12.1 Å². The molecule has 22 heavy (non-hydrogen) atoms. The first-order valence-corrected chi connectivity index (χ1v) is 7.92. The van der Waals surface area contributed by atoms with Crippen LogP contribution in [0.25, 0.3) is 0 Å². The molecule has 0 heterocycles. The first-order chi connectivity index (χ1) is 10.5. The topological polar surface area (TPSA) is 18.5 Å². The Labute approximate surface area is 135 Å². The fourth-order valence-electron chi connectivity index (χ4n) is 1.72. The van der Waals surface area contributed by atoms with E-state index in [0.29, 0.717) is 47.7 Å². The van der Waals surface area contributed by atoms with Gasteiger partial charge in [0.1, 0.15) is 11.5 Å². The largest absolute Gasteiger partial charge is 0.492 e. The molecule has 0 amide bonds.